The summed E-state index contributed by atoms with van der Waals surface area (Å²) < 4.78 is 5.86. The van der Waals surface area contributed by atoms with Crippen molar-refractivity contribution in [3.8, 4) is 0 Å². The van der Waals surface area contributed by atoms with Gasteiger partial charge in [0.2, 0.25) is 0 Å². The summed E-state index contributed by atoms with van der Waals surface area (Å²) in [6, 6.07) is 2.32. The smallest absolute Gasteiger partial charge is 0.100 e. The van der Waals surface area contributed by atoms with Crippen molar-refractivity contribution in [1.29, 1.82) is 0 Å². The fourth-order valence-electron chi connectivity index (χ4n) is 2.97. The average Bonchev–Trinajstić information content (AvgIpc) is 2.76. The van der Waals surface area contributed by atoms with Crippen LogP contribution in [-0.4, -0.2) is 4.98 Å². The molecule has 1 aliphatic carbocycles. The van der Waals surface area contributed by atoms with Gasteiger partial charge in [-0.25, -0.2) is 0 Å². The van der Waals surface area contributed by atoms with E-state index in [4.69, 9.17) is 4.74 Å². The number of ether oxygens (including phenoxy) is 1. The highest BCUT2D eigenvalue weighted by atomic mass is 16.5. The summed E-state index contributed by atoms with van der Waals surface area (Å²) in [6.07, 6.45) is 12.8. The molecule has 1 atom stereocenters. The predicted molar refractivity (Wildman–Crippen MR) is 67.8 cm³/mol. The van der Waals surface area contributed by atoms with Crippen molar-refractivity contribution in [3.05, 3.63) is 29.1 Å². The van der Waals surface area contributed by atoms with Crippen LogP contribution in [0.4, 0.5) is 0 Å². The highest BCUT2D eigenvalue weighted by Gasteiger charge is 2.24. The van der Waals surface area contributed by atoms with Gasteiger partial charge in [0.15, 0.2) is 0 Å². The molecule has 0 radical (unpaired) electrons. The second-order valence-corrected chi connectivity index (χ2v) is 5.35. The normalized spacial score (nSPS) is 25.1. The molecule has 0 amide bonds. The second kappa shape index (κ2) is 5.18. The lowest BCUT2D eigenvalue weighted by Gasteiger charge is -2.09. The van der Waals surface area contributed by atoms with Gasteiger partial charge >= 0.3 is 0 Å². The largest absolute Gasteiger partial charge is 0.367 e. The van der Waals surface area contributed by atoms with Gasteiger partial charge in [-0.2, -0.15) is 0 Å². The van der Waals surface area contributed by atoms with E-state index in [-0.39, 0.29) is 6.10 Å². The molecule has 2 heteroatoms. The van der Waals surface area contributed by atoms with Crippen LogP contribution >= 0.6 is 0 Å². The number of nitrogens with zero attached hydrogens (tertiary/aromatic N) is 1. The topological polar surface area (TPSA) is 22.1 Å². The number of hydrogen-bond acceptors (Lipinski definition) is 2. The van der Waals surface area contributed by atoms with Crippen LogP contribution in [0.3, 0.4) is 0 Å². The molecule has 92 valence electrons. The van der Waals surface area contributed by atoms with Crippen molar-refractivity contribution in [1.82, 2.24) is 4.98 Å². The zero-order chi connectivity index (χ0) is 11.5. The van der Waals surface area contributed by atoms with Crippen molar-refractivity contribution < 1.29 is 4.74 Å². The molecule has 17 heavy (non-hydrogen) atoms. The lowest BCUT2D eigenvalue weighted by Crippen LogP contribution is -1.99. The first kappa shape index (κ1) is 11.2. The molecule has 0 aromatic carbocycles. The molecule has 0 fully saturated rings. The molecule has 2 nitrogen and oxygen atoms in total. The Morgan fingerprint density at radius 3 is 2.82 bits per heavy atom. The number of pyridine rings is 1. The summed E-state index contributed by atoms with van der Waals surface area (Å²) in [5.74, 6) is 0. The van der Waals surface area contributed by atoms with Crippen molar-refractivity contribution >= 4 is 0 Å². The van der Waals surface area contributed by atoms with Crippen LogP contribution in [0.2, 0.25) is 0 Å². The molecule has 4 bridgehead atoms. The molecule has 0 spiro atoms. The van der Waals surface area contributed by atoms with Gasteiger partial charge in [0.25, 0.3) is 0 Å². The molecule has 1 aromatic rings. The van der Waals surface area contributed by atoms with E-state index in [1.54, 1.807) is 0 Å². The maximum absolute atomic E-state index is 5.86. The number of fused-ring (bicyclic) bond motifs is 8. The quantitative estimate of drug-likeness (QED) is 0.674. The Morgan fingerprint density at radius 2 is 1.88 bits per heavy atom. The Kier molecular flexibility index (Phi) is 3.41. The minimum Gasteiger partial charge on any atom is -0.367 e. The molecular formula is C15H21NO. The highest BCUT2D eigenvalue weighted by Crippen LogP contribution is 2.33. The molecule has 4 rings (SSSR count). The highest BCUT2D eigenvalue weighted by molar-refractivity contribution is 5.29. The fraction of sp³-hybridized carbons (Fsp3) is 0.667. The monoisotopic (exact) mass is 231 g/mol. The first-order valence-electron chi connectivity index (χ1n) is 7.03. The maximum Gasteiger partial charge on any atom is 0.100 e. The van der Waals surface area contributed by atoms with E-state index in [0.717, 1.165) is 13.0 Å². The van der Waals surface area contributed by atoms with Crippen LogP contribution in [0.1, 0.15) is 67.9 Å². The number of aryl methyl sites for hydroxylation is 1. The molecule has 0 saturated heterocycles. The zero-order valence-electron chi connectivity index (χ0n) is 10.5. The molecular weight excluding hydrogens is 210 g/mol. The Hall–Kier alpha value is -0.890. The van der Waals surface area contributed by atoms with Gasteiger partial charge in [-0.1, -0.05) is 38.2 Å². The predicted octanol–water partition coefficient (Wildman–Crippen LogP) is 3.94. The van der Waals surface area contributed by atoms with Gasteiger partial charge in [-0.15, -0.1) is 0 Å². The molecule has 0 saturated carbocycles. The van der Waals surface area contributed by atoms with Crippen molar-refractivity contribution in [3.63, 3.8) is 0 Å². The summed E-state index contributed by atoms with van der Waals surface area (Å²) in [5.41, 5.74) is 3.95. The molecule has 1 aromatic heterocycles. The summed E-state index contributed by atoms with van der Waals surface area (Å²) in [6.45, 7) is 0.779. The van der Waals surface area contributed by atoms with E-state index in [1.807, 2.05) is 0 Å². The van der Waals surface area contributed by atoms with E-state index < -0.39 is 0 Å². The molecule has 3 aliphatic rings. The lowest BCUT2D eigenvalue weighted by molar-refractivity contribution is 0.0564. The standard InChI is InChI=1S/C15H21NO/c1-2-4-6-8-14-15-13(11-17-14)9-12(10-16-15)7-5-3-1/h9-10,14H,1-8,11H2/t14-/m0/s1. The van der Waals surface area contributed by atoms with Crippen molar-refractivity contribution in [2.75, 3.05) is 0 Å². The third-order valence-corrected chi connectivity index (χ3v) is 3.98. The van der Waals surface area contributed by atoms with Gasteiger partial charge in [0.1, 0.15) is 6.10 Å². The second-order valence-electron chi connectivity index (χ2n) is 5.35. The van der Waals surface area contributed by atoms with Gasteiger partial charge in [0, 0.05) is 11.8 Å². The third kappa shape index (κ3) is 2.52. The van der Waals surface area contributed by atoms with E-state index in [9.17, 15) is 0 Å². The number of rotatable bonds is 0. The first-order valence-corrected chi connectivity index (χ1v) is 7.03. The SMILES string of the molecule is c1nc2c3cc1CCCCCCCC[C@@H]2OC3. The van der Waals surface area contributed by atoms with Gasteiger partial charge in [-0.3, -0.25) is 4.98 Å². The van der Waals surface area contributed by atoms with Crippen LogP contribution in [0.25, 0.3) is 0 Å². The summed E-state index contributed by atoms with van der Waals surface area (Å²) in [4.78, 5) is 4.64. The van der Waals surface area contributed by atoms with E-state index in [2.05, 4.69) is 17.2 Å². The van der Waals surface area contributed by atoms with Gasteiger partial charge < -0.3 is 4.74 Å². The molecule has 2 aliphatic heterocycles. The van der Waals surface area contributed by atoms with Crippen molar-refractivity contribution in [2.45, 2.75) is 64.1 Å². The van der Waals surface area contributed by atoms with E-state index in [1.165, 1.54) is 61.8 Å². The average molecular weight is 231 g/mol. The summed E-state index contributed by atoms with van der Waals surface area (Å²) in [5, 5.41) is 0. The minimum atomic E-state index is 0.278. The van der Waals surface area contributed by atoms with Crippen LogP contribution in [0.15, 0.2) is 12.3 Å². The summed E-state index contributed by atoms with van der Waals surface area (Å²) >= 11 is 0. The third-order valence-electron chi connectivity index (χ3n) is 3.98. The van der Waals surface area contributed by atoms with E-state index in [0.29, 0.717) is 0 Å². The van der Waals surface area contributed by atoms with Crippen molar-refractivity contribution in [2.24, 2.45) is 0 Å². The number of hydrogen-bond donors (Lipinski definition) is 0. The fourth-order valence-corrected chi connectivity index (χ4v) is 2.97. The number of aromatic nitrogens is 1. The Labute approximate surface area is 103 Å². The Balaban J connectivity index is 1.82. The van der Waals surface area contributed by atoms with Gasteiger partial charge in [0.05, 0.1) is 12.3 Å². The molecule has 3 heterocycles. The Morgan fingerprint density at radius 1 is 1.06 bits per heavy atom. The van der Waals surface area contributed by atoms with Crippen LogP contribution in [0, 0.1) is 0 Å². The molecule has 0 N–H and O–H groups in total. The maximum atomic E-state index is 5.86. The minimum absolute atomic E-state index is 0.278. The van der Waals surface area contributed by atoms with Crippen LogP contribution in [-0.2, 0) is 17.8 Å². The lowest BCUT2D eigenvalue weighted by atomic mass is 10.0. The first-order chi connectivity index (χ1) is 8.43. The molecule has 0 unspecified atom stereocenters. The van der Waals surface area contributed by atoms with Crippen LogP contribution < -0.4 is 0 Å². The van der Waals surface area contributed by atoms with Crippen LogP contribution in [0.5, 0.6) is 0 Å². The van der Waals surface area contributed by atoms with E-state index >= 15 is 0 Å². The van der Waals surface area contributed by atoms with Gasteiger partial charge in [-0.05, 0) is 24.8 Å². The summed E-state index contributed by atoms with van der Waals surface area (Å²) in [7, 11) is 0. The zero-order valence-corrected chi connectivity index (χ0v) is 10.5. The Bertz CT molecular complexity index is 389.